The zero-order chi connectivity index (χ0) is 15.1. The lowest BCUT2D eigenvalue weighted by Crippen LogP contribution is -2.48. The summed E-state index contributed by atoms with van der Waals surface area (Å²) >= 11 is 0. The molecule has 1 heterocycles. The molecule has 0 saturated carbocycles. The fraction of sp³-hybridized carbons (Fsp3) is 0.778. The van der Waals surface area contributed by atoms with Gasteiger partial charge in [0.1, 0.15) is 0 Å². The van der Waals surface area contributed by atoms with E-state index in [0.29, 0.717) is 11.8 Å². The quantitative estimate of drug-likeness (QED) is 0.623. The Morgan fingerprint density at radius 2 is 1.40 bits per heavy atom. The molecule has 1 aliphatic heterocycles. The molecule has 2 atom stereocenters. The van der Waals surface area contributed by atoms with Crippen molar-refractivity contribution < 1.29 is 0 Å². The first kappa shape index (κ1) is 17.5. The third-order valence-corrected chi connectivity index (χ3v) is 4.64. The lowest BCUT2D eigenvalue weighted by Gasteiger charge is -2.37. The molecule has 0 amide bonds. The molecule has 0 radical (unpaired) electrons. The van der Waals surface area contributed by atoms with E-state index in [-0.39, 0.29) is 0 Å². The zero-order valence-electron chi connectivity index (χ0n) is 14.1. The molecule has 116 valence electrons. The van der Waals surface area contributed by atoms with Gasteiger partial charge in [-0.15, -0.1) is 0 Å². The van der Waals surface area contributed by atoms with Gasteiger partial charge in [-0.1, -0.05) is 51.5 Å². The molecule has 1 rings (SSSR count). The van der Waals surface area contributed by atoms with Gasteiger partial charge in [0.05, 0.1) is 0 Å². The van der Waals surface area contributed by atoms with Crippen LogP contribution in [0.1, 0.15) is 40.5 Å². The Morgan fingerprint density at radius 1 is 0.950 bits per heavy atom. The monoisotopic (exact) mass is 278 g/mol. The average molecular weight is 278 g/mol. The number of nitrogens with zero attached hydrogens (tertiary/aromatic N) is 2. The van der Waals surface area contributed by atoms with Gasteiger partial charge >= 0.3 is 0 Å². The number of hydrogen-bond donors (Lipinski definition) is 0. The molecule has 1 saturated heterocycles. The molecule has 1 fully saturated rings. The van der Waals surface area contributed by atoms with Crippen molar-refractivity contribution in [2.24, 2.45) is 11.8 Å². The first-order valence-corrected chi connectivity index (χ1v) is 8.21. The molecule has 0 aromatic carbocycles. The summed E-state index contributed by atoms with van der Waals surface area (Å²) in [7, 11) is 0. The van der Waals surface area contributed by atoms with E-state index in [1.165, 1.54) is 63.3 Å². The molecule has 2 nitrogen and oxygen atoms in total. The molecule has 2 heteroatoms. The molecule has 2 unspecified atom stereocenters. The Morgan fingerprint density at radius 3 is 1.80 bits per heavy atom. The van der Waals surface area contributed by atoms with Gasteiger partial charge in [-0.25, -0.2) is 0 Å². The SMILES string of the molecule is C=C(C)C(C)CN1CCN(CC(C)C(=C)CCC)CC1. The third-order valence-electron chi connectivity index (χ3n) is 4.64. The van der Waals surface area contributed by atoms with Crippen LogP contribution in [0.4, 0.5) is 0 Å². The fourth-order valence-corrected chi connectivity index (χ4v) is 2.78. The van der Waals surface area contributed by atoms with E-state index in [4.69, 9.17) is 0 Å². The maximum absolute atomic E-state index is 4.24. The normalized spacial score (nSPS) is 20.6. The summed E-state index contributed by atoms with van der Waals surface area (Å²) in [5.41, 5.74) is 2.72. The van der Waals surface area contributed by atoms with E-state index >= 15 is 0 Å². The first-order chi connectivity index (χ1) is 9.43. The molecule has 0 bridgehead atoms. The lowest BCUT2D eigenvalue weighted by atomic mass is 9.98. The van der Waals surface area contributed by atoms with Crippen LogP contribution < -0.4 is 0 Å². The molecule has 20 heavy (non-hydrogen) atoms. The van der Waals surface area contributed by atoms with Gasteiger partial charge < -0.3 is 9.80 Å². The van der Waals surface area contributed by atoms with Gasteiger partial charge in [0.15, 0.2) is 0 Å². The van der Waals surface area contributed by atoms with Crippen LogP contribution in [0.2, 0.25) is 0 Å². The minimum atomic E-state index is 0.616. The molecular formula is C18H34N2. The number of rotatable bonds is 8. The molecule has 0 N–H and O–H groups in total. The summed E-state index contributed by atoms with van der Waals surface area (Å²) in [5.74, 6) is 1.25. The molecular weight excluding hydrogens is 244 g/mol. The Kier molecular flexibility index (Phi) is 7.53. The topological polar surface area (TPSA) is 6.48 Å². The van der Waals surface area contributed by atoms with Gasteiger partial charge in [0.25, 0.3) is 0 Å². The average Bonchev–Trinajstić information content (AvgIpc) is 2.41. The van der Waals surface area contributed by atoms with E-state index in [9.17, 15) is 0 Å². The Labute approximate surface area is 126 Å². The fourth-order valence-electron chi connectivity index (χ4n) is 2.78. The number of hydrogen-bond acceptors (Lipinski definition) is 2. The van der Waals surface area contributed by atoms with E-state index in [1.807, 2.05) is 0 Å². The maximum atomic E-state index is 4.24. The highest BCUT2D eigenvalue weighted by Crippen LogP contribution is 2.17. The van der Waals surface area contributed by atoms with Crippen molar-refractivity contribution in [3.05, 3.63) is 24.3 Å². The largest absolute Gasteiger partial charge is 0.300 e. The summed E-state index contributed by atoms with van der Waals surface area (Å²) in [4.78, 5) is 5.19. The molecule has 0 aromatic heterocycles. The molecule has 0 aliphatic carbocycles. The van der Waals surface area contributed by atoms with Crippen LogP contribution in [-0.2, 0) is 0 Å². The predicted octanol–water partition coefficient (Wildman–Crippen LogP) is 3.81. The van der Waals surface area contributed by atoms with E-state index in [1.54, 1.807) is 0 Å². The highest BCUT2D eigenvalue weighted by Gasteiger charge is 2.20. The molecule has 1 aliphatic rings. The summed E-state index contributed by atoms with van der Waals surface area (Å²) in [6, 6.07) is 0. The van der Waals surface area contributed by atoms with E-state index in [0.717, 1.165) is 0 Å². The Balaban J connectivity index is 2.28. The third kappa shape index (κ3) is 5.80. The van der Waals surface area contributed by atoms with Crippen molar-refractivity contribution in [3.8, 4) is 0 Å². The number of piperazine rings is 1. The Hall–Kier alpha value is -0.600. The van der Waals surface area contributed by atoms with E-state index in [2.05, 4.69) is 50.7 Å². The summed E-state index contributed by atoms with van der Waals surface area (Å²) in [6.07, 6.45) is 2.40. The molecule has 0 spiro atoms. The maximum Gasteiger partial charge on any atom is 0.0110 e. The van der Waals surface area contributed by atoms with Crippen molar-refractivity contribution in [2.75, 3.05) is 39.3 Å². The standard InChI is InChI=1S/C18H34N2/c1-7-8-16(4)18(6)14-20-11-9-19(10-12-20)13-17(5)15(2)3/h17-18H,2,4,7-14H2,1,3,5-6H3. The van der Waals surface area contributed by atoms with E-state index < -0.39 is 0 Å². The second-order valence-electron chi connectivity index (χ2n) is 6.66. The van der Waals surface area contributed by atoms with Gasteiger partial charge in [0, 0.05) is 39.3 Å². The van der Waals surface area contributed by atoms with Gasteiger partial charge in [-0.05, 0) is 25.2 Å². The summed E-state index contributed by atoms with van der Waals surface area (Å²) in [5, 5.41) is 0. The van der Waals surface area contributed by atoms with Crippen molar-refractivity contribution in [1.29, 1.82) is 0 Å². The zero-order valence-corrected chi connectivity index (χ0v) is 14.1. The van der Waals surface area contributed by atoms with Crippen molar-refractivity contribution in [2.45, 2.75) is 40.5 Å². The van der Waals surface area contributed by atoms with Gasteiger partial charge in [-0.3, -0.25) is 0 Å². The minimum absolute atomic E-state index is 0.616. The van der Waals surface area contributed by atoms with Crippen molar-refractivity contribution in [1.82, 2.24) is 9.80 Å². The van der Waals surface area contributed by atoms with Crippen LogP contribution in [0.5, 0.6) is 0 Å². The second kappa shape index (κ2) is 8.63. The van der Waals surface area contributed by atoms with Crippen LogP contribution in [0.3, 0.4) is 0 Å². The van der Waals surface area contributed by atoms with Crippen LogP contribution in [-0.4, -0.2) is 49.1 Å². The van der Waals surface area contributed by atoms with Gasteiger partial charge in [-0.2, -0.15) is 0 Å². The van der Waals surface area contributed by atoms with Crippen molar-refractivity contribution >= 4 is 0 Å². The van der Waals surface area contributed by atoms with Crippen LogP contribution in [0, 0.1) is 11.8 Å². The second-order valence-corrected chi connectivity index (χ2v) is 6.66. The minimum Gasteiger partial charge on any atom is -0.300 e. The predicted molar refractivity (Wildman–Crippen MR) is 90.1 cm³/mol. The smallest absolute Gasteiger partial charge is 0.0110 e. The molecule has 0 aromatic rings. The highest BCUT2D eigenvalue weighted by molar-refractivity contribution is 5.00. The first-order valence-electron chi connectivity index (χ1n) is 8.21. The van der Waals surface area contributed by atoms with Gasteiger partial charge in [0.2, 0.25) is 0 Å². The van der Waals surface area contributed by atoms with Crippen LogP contribution in [0.25, 0.3) is 0 Å². The Bertz CT molecular complexity index is 313. The summed E-state index contributed by atoms with van der Waals surface area (Å²) in [6.45, 7) is 24.4. The van der Waals surface area contributed by atoms with Crippen molar-refractivity contribution in [3.63, 3.8) is 0 Å². The van der Waals surface area contributed by atoms with Crippen LogP contribution in [0.15, 0.2) is 24.3 Å². The lowest BCUT2D eigenvalue weighted by molar-refractivity contribution is 0.116. The highest BCUT2D eigenvalue weighted by atomic mass is 15.3. The summed E-state index contributed by atoms with van der Waals surface area (Å²) < 4.78 is 0. The van der Waals surface area contributed by atoms with Crippen LogP contribution >= 0.6 is 0 Å².